The van der Waals surface area contributed by atoms with Gasteiger partial charge >= 0.3 is 0 Å². The summed E-state index contributed by atoms with van der Waals surface area (Å²) >= 11 is 5.98. The van der Waals surface area contributed by atoms with Crippen molar-refractivity contribution in [2.24, 2.45) is 0 Å². The number of halogens is 1. The van der Waals surface area contributed by atoms with Gasteiger partial charge in [-0.15, -0.1) is 0 Å². The molecule has 32 heavy (non-hydrogen) atoms. The average Bonchev–Trinajstić information content (AvgIpc) is 2.79. The Labute approximate surface area is 191 Å². The first-order valence-corrected chi connectivity index (χ1v) is 11.4. The Morgan fingerprint density at radius 1 is 0.969 bits per heavy atom. The maximum Gasteiger partial charge on any atom is 0.263 e. The van der Waals surface area contributed by atoms with E-state index in [0.29, 0.717) is 35.1 Å². The van der Waals surface area contributed by atoms with Gasteiger partial charge in [0.25, 0.3) is 10.0 Å². The predicted molar refractivity (Wildman–Crippen MR) is 120 cm³/mol. The normalized spacial score (nSPS) is 11.2. The van der Waals surface area contributed by atoms with E-state index in [9.17, 15) is 8.42 Å². The Kier molecular flexibility index (Phi) is 8.23. The first kappa shape index (κ1) is 23.7. The molecule has 0 radical (unpaired) electrons. The Bertz CT molecular complexity index is 1130. The zero-order valence-corrected chi connectivity index (χ0v) is 18.8. The lowest BCUT2D eigenvalue weighted by molar-refractivity contribution is 0.146. The summed E-state index contributed by atoms with van der Waals surface area (Å²) in [5.74, 6) is 0.663. The summed E-state index contributed by atoms with van der Waals surface area (Å²) < 4.78 is 44.4. The van der Waals surface area contributed by atoms with E-state index in [1.807, 2.05) is 0 Å². The molecule has 3 rings (SSSR count). The van der Waals surface area contributed by atoms with Crippen LogP contribution in [0, 0.1) is 0 Å². The molecule has 0 amide bonds. The molecule has 2 N–H and O–H groups in total. The van der Waals surface area contributed by atoms with Gasteiger partial charge in [0, 0.05) is 12.1 Å². The summed E-state index contributed by atoms with van der Waals surface area (Å²) in [4.78, 5) is 8.22. The number of nitrogens with zero attached hydrogens (tertiary/aromatic N) is 2. The van der Waals surface area contributed by atoms with Crippen LogP contribution in [0.15, 0.2) is 59.8 Å². The van der Waals surface area contributed by atoms with Crippen LogP contribution in [0.4, 0.5) is 5.82 Å². The summed E-state index contributed by atoms with van der Waals surface area (Å²) in [6.45, 7) is 0.518. The van der Waals surface area contributed by atoms with E-state index < -0.39 is 10.0 Å². The molecular weight excluding hydrogens is 458 g/mol. The van der Waals surface area contributed by atoms with Gasteiger partial charge in [-0.25, -0.2) is 18.4 Å². The lowest BCUT2D eigenvalue weighted by Crippen LogP contribution is -2.16. The van der Waals surface area contributed by atoms with E-state index >= 15 is 0 Å². The number of anilines is 1. The van der Waals surface area contributed by atoms with Crippen molar-refractivity contribution in [2.75, 3.05) is 38.3 Å². The van der Waals surface area contributed by atoms with Crippen LogP contribution in [0.2, 0.25) is 5.02 Å². The van der Waals surface area contributed by atoms with Gasteiger partial charge in [0.1, 0.15) is 25.3 Å². The van der Waals surface area contributed by atoms with E-state index in [0.717, 1.165) is 0 Å². The van der Waals surface area contributed by atoms with Crippen LogP contribution in [-0.2, 0) is 14.8 Å². The average molecular weight is 480 g/mol. The van der Waals surface area contributed by atoms with Gasteiger partial charge in [-0.05, 0) is 42.0 Å². The fraction of sp³-hybridized carbons (Fsp3) is 0.238. The maximum absolute atomic E-state index is 13.0. The quantitative estimate of drug-likeness (QED) is 0.403. The molecule has 1 aromatic heterocycles. The van der Waals surface area contributed by atoms with Crippen molar-refractivity contribution in [3.63, 3.8) is 0 Å². The van der Waals surface area contributed by atoms with Crippen molar-refractivity contribution in [1.29, 1.82) is 0 Å². The van der Waals surface area contributed by atoms with E-state index in [2.05, 4.69) is 14.7 Å². The molecule has 3 aromatic rings. The molecule has 0 saturated carbocycles. The Morgan fingerprint density at radius 2 is 1.69 bits per heavy atom. The molecule has 0 aliphatic carbocycles. The lowest BCUT2D eigenvalue weighted by Gasteiger charge is -2.15. The van der Waals surface area contributed by atoms with Crippen molar-refractivity contribution >= 4 is 27.4 Å². The number of aliphatic hydroxyl groups is 1. The van der Waals surface area contributed by atoms with Crippen molar-refractivity contribution in [1.82, 2.24) is 9.97 Å². The highest BCUT2D eigenvalue weighted by Gasteiger charge is 2.21. The van der Waals surface area contributed by atoms with Crippen molar-refractivity contribution in [3.8, 4) is 22.8 Å². The van der Waals surface area contributed by atoms with Gasteiger partial charge in [-0.1, -0.05) is 23.7 Å². The molecule has 0 spiro atoms. The third kappa shape index (κ3) is 6.07. The van der Waals surface area contributed by atoms with Crippen LogP contribution in [0.3, 0.4) is 0 Å². The number of benzene rings is 2. The number of aliphatic hydroxyl groups excluding tert-OH is 1. The minimum Gasteiger partial charge on any atom is -0.491 e. The molecule has 9 nitrogen and oxygen atoms in total. The Morgan fingerprint density at radius 3 is 2.34 bits per heavy atom. The standard InChI is InChI=1S/C21H22ClN3O6S/c1-29-12-13-30-17-6-8-18(9-7-17)32(27,28)25-20-19(15-2-4-16(22)5-3-15)21(24-14-23-20)31-11-10-26/h2-9,14,26H,10-13H2,1H3,(H,23,24,25). The maximum atomic E-state index is 13.0. The minimum absolute atomic E-state index is 0.0195. The topological polar surface area (TPSA) is 120 Å². The monoisotopic (exact) mass is 479 g/mol. The zero-order chi connectivity index (χ0) is 23.0. The summed E-state index contributed by atoms with van der Waals surface area (Å²) in [6, 6.07) is 12.7. The molecule has 0 aliphatic heterocycles. The van der Waals surface area contributed by atoms with Crippen molar-refractivity contribution in [2.45, 2.75) is 4.90 Å². The van der Waals surface area contributed by atoms with Crippen molar-refractivity contribution in [3.05, 3.63) is 59.9 Å². The van der Waals surface area contributed by atoms with Crippen LogP contribution in [0.5, 0.6) is 11.6 Å². The van der Waals surface area contributed by atoms with Crippen molar-refractivity contribution < 1.29 is 27.7 Å². The molecule has 0 unspecified atom stereocenters. The number of aromatic nitrogens is 2. The van der Waals surface area contributed by atoms with Gasteiger partial charge < -0.3 is 19.3 Å². The first-order chi connectivity index (χ1) is 15.4. The summed E-state index contributed by atoms with van der Waals surface area (Å²) in [7, 11) is -2.42. The second-order valence-corrected chi connectivity index (χ2v) is 8.52. The third-order valence-electron chi connectivity index (χ3n) is 4.20. The number of nitrogens with one attached hydrogen (secondary N) is 1. The molecule has 2 aromatic carbocycles. The number of rotatable bonds is 11. The zero-order valence-electron chi connectivity index (χ0n) is 17.2. The minimum atomic E-state index is -3.98. The first-order valence-electron chi connectivity index (χ1n) is 9.54. The molecule has 0 atom stereocenters. The van der Waals surface area contributed by atoms with Gasteiger partial charge in [-0.2, -0.15) is 0 Å². The molecule has 11 heteroatoms. The van der Waals surface area contributed by atoms with E-state index in [1.54, 1.807) is 43.5 Å². The predicted octanol–water partition coefficient (Wildman–Crippen LogP) is 2.99. The van der Waals surface area contributed by atoms with E-state index in [-0.39, 0.29) is 29.8 Å². The van der Waals surface area contributed by atoms with Crippen LogP contribution in [0.25, 0.3) is 11.1 Å². The SMILES string of the molecule is COCCOc1ccc(S(=O)(=O)Nc2ncnc(OCCO)c2-c2ccc(Cl)cc2)cc1. The van der Waals surface area contributed by atoms with Gasteiger partial charge in [0.15, 0.2) is 5.82 Å². The van der Waals surface area contributed by atoms with Gasteiger partial charge in [0.2, 0.25) is 5.88 Å². The number of sulfonamides is 1. The second-order valence-electron chi connectivity index (χ2n) is 6.40. The molecular formula is C21H22ClN3O6S. The second kappa shape index (κ2) is 11.1. The molecule has 1 heterocycles. The highest BCUT2D eigenvalue weighted by molar-refractivity contribution is 7.92. The van der Waals surface area contributed by atoms with Crippen LogP contribution in [0.1, 0.15) is 0 Å². The fourth-order valence-electron chi connectivity index (χ4n) is 2.72. The summed E-state index contributed by atoms with van der Waals surface area (Å²) in [6.07, 6.45) is 1.18. The number of ether oxygens (including phenoxy) is 3. The highest BCUT2D eigenvalue weighted by Crippen LogP contribution is 2.35. The fourth-order valence-corrected chi connectivity index (χ4v) is 3.87. The Balaban J connectivity index is 1.92. The van der Waals surface area contributed by atoms with Crippen LogP contribution in [-0.4, -0.2) is 57.0 Å². The Hall–Kier alpha value is -2.92. The van der Waals surface area contributed by atoms with Crippen LogP contribution < -0.4 is 14.2 Å². The molecule has 0 fully saturated rings. The molecule has 0 bridgehead atoms. The largest absolute Gasteiger partial charge is 0.491 e. The number of hydrogen-bond acceptors (Lipinski definition) is 8. The highest BCUT2D eigenvalue weighted by atomic mass is 35.5. The number of hydrogen-bond donors (Lipinski definition) is 2. The summed E-state index contributed by atoms with van der Waals surface area (Å²) in [5, 5.41) is 9.62. The third-order valence-corrected chi connectivity index (χ3v) is 5.80. The van der Waals surface area contributed by atoms with Crippen LogP contribution >= 0.6 is 11.6 Å². The molecule has 0 saturated heterocycles. The summed E-state index contributed by atoms with van der Waals surface area (Å²) in [5.41, 5.74) is 0.906. The smallest absolute Gasteiger partial charge is 0.263 e. The number of methoxy groups -OCH3 is 1. The van der Waals surface area contributed by atoms with Gasteiger partial charge in [-0.3, -0.25) is 4.72 Å². The van der Waals surface area contributed by atoms with E-state index in [4.69, 9.17) is 30.9 Å². The van der Waals surface area contributed by atoms with E-state index in [1.165, 1.54) is 18.5 Å². The van der Waals surface area contributed by atoms with Gasteiger partial charge in [0.05, 0.1) is 23.7 Å². The lowest BCUT2D eigenvalue weighted by atomic mass is 10.1. The molecule has 0 aliphatic rings. The molecule has 170 valence electrons.